The molecule has 3 N–H and O–H groups in total. The van der Waals surface area contributed by atoms with Crippen LogP contribution >= 0.6 is 0 Å². The van der Waals surface area contributed by atoms with Crippen molar-refractivity contribution in [3.05, 3.63) is 64.9 Å². The molecule has 1 fully saturated rings. The van der Waals surface area contributed by atoms with E-state index in [4.69, 9.17) is 9.15 Å². The number of rotatable bonds is 11. The molecule has 2 aromatic heterocycles. The zero-order valence-electron chi connectivity index (χ0n) is 26.0. The van der Waals surface area contributed by atoms with E-state index in [0.29, 0.717) is 43.4 Å². The Labute approximate surface area is 258 Å². The van der Waals surface area contributed by atoms with E-state index in [0.717, 1.165) is 49.6 Å². The lowest BCUT2D eigenvalue weighted by Gasteiger charge is -2.32. The van der Waals surface area contributed by atoms with Gasteiger partial charge in [-0.3, -0.25) is 14.5 Å². The molecule has 0 spiro atoms. The van der Waals surface area contributed by atoms with E-state index in [2.05, 4.69) is 37.6 Å². The molecule has 0 saturated carbocycles. The summed E-state index contributed by atoms with van der Waals surface area (Å²) in [6.07, 6.45) is 3.20. The lowest BCUT2D eigenvalue weighted by molar-refractivity contribution is -0.129. The van der Waals surface area contributed by atoms with Gasteiger partial charge in [0, 0.05) is 71.9 Å². The van der Waals surface area contributed by atoms with Crippen LogP contribution in [0.5, 0.6) is 5.75 Å². The van der Waals surface area contributed by atoms with Gasteiger partial charge in [-0.25, -0.2) is 9.97 Å². The Balaban J connectivity index is 1.11. The zero-order valence-corrected chi connectivity index (χ0v) is 26.0. The molecule has 0 aliphatic carbocycles. The monoisotopic (exact) mass is 605 g/mol. The van der Waals surface area contributed by atoms with Gasteiger partial charge in [-0.15, -0.1) is 0 Å². The maximum Gasteiger partial charge on any atom is 0.251 e. The number of benzene rings is 1. The van der Waals surface area contributed by atoms with Gasteiger partial charge in [0.1, 0.15) is 24.0 Å². The Morgan fingerprint density at radius 2 is 1.95 bits per heavy atom. The van der Waals surface area contributed by atoms with E-state index in [-0.39, 0.29) is 24.4 Å². The van der Waals surface area contributed by atoms with Gasteiger partial charge in [-0.1, -0.05) is 6.07 Å². The molecule has 1 unspecified atom stereocenters. The van der Waals surface area contributed by atoms with Crippen molar-refractivity contribution >= 4 is 23.5 Å². The molecule has 1 saturated heterocycles. The zero-order chi connectivity index (χ0) is 31.2. The average Bonchev–Trinajstić information content (AvgIpc) is 3.43. The number of aryl methyl sites for hydroxylation is 1. The Morgan fingerprint density at radius 1 is 1.16 bits per heavy atom. The van der Waals surface area contributed by atoms with Crippen molar-refractivity contribution in [3.8, 4) is 5.75 Å². The number of likely N-dealkylation sites (tertiary alicyclic amines) is 1. The van der Waals surface area contributed by atoms with Gasteiger partial charge >= 0.3 is 0 Å². The molecule has 12 nitrogen and oxygen atoms in total. The fraction of sp³-hybridized carbons (Fsp3) is 0.500. The molecule has 44 heavy (non-hydrogen) atoms. The molecule has 236 valence electrons. The van der Waals surface area contributed by atoms with Crippen molar-refractivity contribution in [1.82, 2.24) is 25.1 Å². The molecule has 2 amide bonds. The third-order valence-corrected chi connectivity index (χ3v) is 8.28. The van der Waals surface area contributed by atoms with E-state index < -0.39 is 6.10 Å². The van der Waals surface area contributed by atoms with Crippen LogP contribution in [0.3, 0.4) is 0 Å². The number of piperidine rings is 1. The summed E-state index contributed by atoms with van der Waals surface area (Å²) in [6.45, 7) is 7.35. The summed E-state index contributed by atoms with van der Waals surface area (Å²) < 4.78 is 11.3. The highest BCUT2D eigenvalue weighted by molar-refractivity contribution is 5.95. The first kappa shape index (κ1) is 31.3. The molecule has 0 bridgehead atoms. The van der Waals surface area contributed by atoms with Gasteiger partial charge in [-0.2, -0.15) is 0 Å². The van der Waals surface area contributed by atoms with Gasteiger partial charge in [0.2, 0.25) is 5.91 Å². The van der Waals surface area contributed by atoms with Crippen LogP contribution in [0.4, 0.5) is 11.6 Å². The van der Waals surface area contributed by atoms with E-state index in [1.54, 1.807) is 19.1 Å². The van der Waals surface area contributed by atoms with E-state index in [9.17, 15) is 14.7 Å². The number of hydrogen-bond donors (Lipinski definition) is 3. The van der Waals surface area contributed by atoms with Crippen molar-refractivity contribution in [2.45, 2.75) is 58.4 Å². The number of aliphatic hydroxyl groups excluding tert-OH is 1. The number of pyridine rings is 1. The smallest absolute Gasteiger partial charge is 0.251 e. The number of aliphatic hydroxyl groups is 1. The third-order valence-electron chi connectivity index (χ3n) is 8.28. The van der Waals surface area contributed by atoms with Crippen LogP contribution in [-0.4, -0.2) is 95.7 Å². The first-order chi connectivity index (χ1) is 21.1. The minimum absolute atomic E-state index is 0.0947. The molecule has 4 heterocycles. The molecule has 1 aromatic carbocycles. The first-order valence-electron chi connectivity index (χ1n) is 15.2. The highest BCUT2D eigenvalue weighted by Gasteiger charge is 2.23. The van der Waals surface area contributed by atoms with Gasteiger partial charge in [0.25, 0.3) is 5.91 Å². The molecule has 1 atom stereocenters. The second kappa shape index (κ2) is 14.1. The van der Waals surface area contributed by atoms with Crippen molar-refractivity contribution < 1.29 is 23.8 Å². The molecular formula is C32H43N7O5. The normalized spacial score (nSPS) is 16.2. The third kappa shape index (κ3) is 8.06. The summed E-state index contributed by atoms with van der Waals surface area (Å²) in [4.78, 5) is 39.5. The minimum atomic E-state index is -0.715. The van der Waals surface area contributed by atoms with Gasteiger partial charge in [0.15, 0.2) is 12.2 Å². The molecule has 0 radical (unpaired) electrons. The fourth-order valence-electron chi connectivity index (χ4n) is 5.62. The summed E-state index contributed by atoms with van der Waals surface area (Å²) in [5.74, 6) is 2.63. The Hall–Kier alpha value is -4.16. The standard InChI is InChI=1S/C32H43N7O5/c1-21-29(44-20-34-21)19-43-28-6-5-24-17-38(10-7-23(24)13-28)18-27(41)16-33-32(42)25-14-30(36-31(15-25)37(3)4)35-26-8-11-39(12-9-26)22(2)40/h5-6,13-15,20,26-27,41H,7-12,16-19H2,1-4H3,(H,33,42)(H,35,36). The number of amides is 2. The molecule has 5 rings (SSSR count). The largest absolute Gasteiger partial charge is 0.486 e. The number of carbonyl (C=O) groups excluding carboxylic acids is 2. The lowest BCUT2D eigenvalue weighted by Crippen LogP contribution is -2.42. The number of ether oxygens (including phenoxy) is 1. The molecular weight excluding hydrogens is 562 g/mol. The van der Waals surface area contributed by atoms with Crippen molar-refractivity contribution in [2.75, 3.05) is 57.0 Å². The maximum atomic E-state index is 13.1. The highest BCUT2D eigenvalue weighted by atomic mass is 16.5. The second-order valence-corrected chi connectivity index (χ2v) is 11.8. The van der Waals surface area contributed by atoms with Gasteiger partial charge in [0.05, 0.1) is 11.8 Å². The predicted molar refractivity (Wildman–Crippen MR) is 167 cm³/mol. The number of nitrogens with zero attached hydrogens (tertiary/aromatic N) is 5. The van der Waals surface area contributed by atoms with E-state index in [1.165, 1.54) is 17.5 Å². The van der Waals surface area contributed by atoms with Crippen LogP contribution in [0.1, 0.15) is 52.7 Å². The van der Waals surface area contributed by atoms with Crippen LogP contribution in [0, 0.1) is 6.92 Å². The summed E-state index contributed by atoms with van der Waals surface area (Å²) >= 11 is 0. The van der Waals surface area contributed by atoms with Crippen LogP contribution in [0.2, 0.25) is 0 Å². The Morgan fingerprint density at radius 3 is 2.66 bits per heavy atom. The molecule has 3 aromatic rings. The number of carbonyl (C=O) groups is 2. The molecule has 2 aliphatic heterocycles. The quantitative estimate of drug-likeness (QED) is 0.299. The predicted octanol–water partition coefficient (Wildman–Crippen LogP) is 2.59. The SMILES string of the molecule is CC(=O)N1CCC(Nc2cc(C(=O)NCC(O)CN3CCc4cc(OCc5ocnc5C)ccc4C3)cc(N(C)C)n2)CC1. The summed E-state index contributed by atoms with van der Waals surface area (Å²) in [7, 11) is 3.76. The van der Waals surface area contributed by atoms with Crippen molar-refractivity contribution in [2.24, 2.45) is 0 Å². The van der Waals surface area contributed by atoms with Crippen molar-refractivity contribution in [1.29, 1.82) is 0 Å². The Kier molecular flexibility index (Phi) is 10.0. The van der Waals surface area contributed by atoms with Crippen LogP contribution < -0.4 is 20.3 Å². The van der Waals surface area contributed by atoms with Crippen LogP contribution in [-0.2, 0) is 24.4 Å². The summed E-state index contributed by atoms with van der Waals surface area (Å²) in [5, 5.41) is 17.1. The van der Waals surface area contributed by atoms with Crippen LogP contribution in [0.15, 0.2) is 41.1 Å². The number of hydrogen-bond acceptors (Lipinski definition) is 10. The number of fused-ring (bicyclic) bond motifs is 1. The maximum absolute atomic E-state index is 13.1. The average molecular weight is 606 g/mol. The van der Waals surface area contributed by atoms with Gasteiger partial charge in [-0.05, 0) is 61.6 Å². The van der Waals surface area contributed by atoms with Crippen molar-refractivity contribution in [3.63, 3.8) is 0 Å². The number of aromatic nitrogens is 2. The first-order valence-corrected chi connectivity index (χ1v) is 15.2. The minimum Gasteiger partial charge on any atom is -0.486 e. The fourth-order valence-corrected chi connectivity index (χ4v) is 5.62. The lowest BCUT2D eigenvalue weighted by atomic mass is 9.99. The van der Waals surface area contributed by atoms with E-state index in [1.807, 2.05) is 36.9 Å². The summed E-state index contributed by atoms with van der Waals surface area (Å²) in [6, 6.07) is 9.77. The molecule has 2 aliphatic rings. The number of anilines is 2. The van der Waals surface area contributed by atoms with Gasteiger partial charge < -0.3 is 34.7 Å². The number of β-amino-alcohol motifs (C(OH)–C–C–N with tert-alkyl or cyclic N) is 1. The molecule has 12 heteroatoms. The second-order valence-electron chi connectivity index (χ2n) is 11.8. The summed E-state index contributed by atoms with van der Waals surface area (Å²) in [5.41, 5.74) is 3.74. The van der Waals surface area contributed by atoms with Crippen LogP contribution in [0.25, 0.3) is 0 Å². The highest BCUT2D eigenvalue weighted by Crippen LogP contribution is 2.25. The number of nitrogens with one attached hydrogen (secondary N) is 2. The Bertz CT molecular complexity index is 1450. The van der Waals surface area contributed by atoms with E-state index >= 15 is 0 Å². The number of oxazole rings is 1. The topological polar surface area (TPSA) is 136 Å².